The Morgan fingerprint density at radius 1 is 1.39 bits per heavy atom. The van der Waals surface area contributed by atoms with Crippen molar-refractivity contribution < 1.29 is 9.47 Å². The Hall–Kier alpha value is -1.56. The second kappa shape index (κ2) is 6.39. The third-order valence-electron chi connectivity index (χ3n) is 3.09. The SMILES string of the molecule is COc1ncnc(NCCOC2CCCC2)c1N. The molecule has 0 bridgehead atoms. The summed E-state index contributed by atoms with van der Waals surface area (Å²) in [5.41, 5.74) is 6.28. The minimum Gasteiger partial charge on any atom is -0.479 e. The summed E-state index contributed by atoms with van der Waals surface area (Å²) in [5, 5.41) is 3.13. The second-order valence-electron chi connectivity index (χ2n) is 4.35. The van der Waals surface area contributed by atoms with Crippen molar-refractivity contribution >= 4 is 11.5 Å². The third kappa shape index (κ3) is 3.22. The van der Waals surface area contributed by atoms with Crippen molar-refractivity contribution in [1.29, 1.82) is 0 Å². The van der Waals surface area contributed by atoms with Gasteiger partial charge in [-0.15, -0.1) is 0 Å². The van der Waals surface area contributed by atoms with E-state index >= 15 is 0 Å². The van der Waals surface area contributed by atoms with Crippen LogP contribution in [0.2, 0.25) is 0 Å². The molecule has 18 heavy (non-hydrogen) atoms. The predicted molar refractivity (Wildman–Crippen MR) is 69.7 cm³/mol. The van der Waals surface area contributed by atoms with Gasteiger partial charge in [0.25, 0.3) is 0 Å². The molecule has 0 unspecified atom stereocenters. The van der Waals surface area contributed by atoms with Crippen molar-refractivity contribution in [2.45, 2.75) is 31.8 Å². The normalized spacial score (nSPS) is 15.8. The number of rotatable bonds is 6. The fourth-order valence-electron chi connectivity index (χ4n) is 2.13. The van der Waals surface area contributed by atoms with E-state index in [0.717, 1.165) is 0 Å². The summed E-state index contributed by atoms with van der Waals surface area (Å²) in [7, 11) is 1.53. The maximum absolute atomic E-state index is 5.84. The first-order valence-electron chi connectivity index (χ1n) is 6.31. The monoisotopic (exact) mass is 252 g/mol. The largest absolute Gasteiger partial charge is 0.479 e. The van der Waals surface area contributed by atoms with E-state index in [1.807, 2.05) is 0 Å². The highest BCUT2D eigenvalue weighted by atomic mass is 16.5. The fourth-order valence-corrected chi connectivity index (χ4v) is 2.13. The molecule has 6 heteroatoms. The zero-order valence-electron chi connectivity index (χ0n) is 10.7. The fraction of sp³-hybridized carbons (Fsp3) is 0.667. The van der Waals surface area contributed by atoms with Crippen molar-refractivity contribution in [3.05, 3.63) is 6.33 Å². The minimum absolute atomic E-state index is 0.393. The average molecular weight is 252 g/mol. The summed E-state index contributed by atoms with van der Waals surface area (Å²) in [6.45, 7) is 1.34. The van der Waals surface area contributed by atoms with Gasteiger partial charge in [0, 0.05) is 6.54 Å². The molecule has 100 valence electrons. The number of nitrogens with zero attached hydrogens (tertiary/aromatic N) is 2. The molecule has 1 saturated carbocycles. The lowest BCUT2D eigenvalue weighted by molar-refractivity contribution is 0.0659. The van der Waals surface area contributed by atoms with Gasteiger partial charge in [0.2, 0.25) is 5.88 Å². The van der Waals surface area contributed by atoms with Gasteiger partial charge in [-0.3, -0.25) is 0 Å². The van der Waals surface area contributed by atoms with Crippen LogP contribution in [0, 0.1) is 0 Å². The summed E-state index contributed by atoms with van der Waals surface area (Å²) in [5.74, 6) is 0.987. The molecule has 0 atom stereocenters. The summed E-state index contributed by atoms with van der Waals surface area (Å²) in [6, 6.07) is 0. The molecule has 0 radical (unpaired) electrons. The number of hydrogen-bond acceptors (Lipinski definition) is 6. The van der Waals surface area contributed by atoms with Crippen LogP contribution in [0.3, 0.4) is 0 Å². The lowest BCUT2D eigenvalue weighted by atomic mass is 10.3. The van der Waals surface area contributed by atoms with E-state index < -0.39 is 0 Å². The molecule has 1 heterocycles. The lowest BCUT2D eigenvalue weighted by Crippen LogP contribution is -2.16. The number of nitrogen functional groups attached to an aromatic ring is 1. The van der Waals surface area contributed by atoms with E-state index in [1.54, 1.807) is 0 Å². The van der Waals surface area contributed by atoms with E-state index in [2.05, 4.69) is 15.3 Å². The highest BCUT2D eigenvalue weighted by Gasteiger charge is 2.14. The zero-order valence-corrected chi connectivity index (χ0v) is 10.7. The van der Waals surface area contributed by atoms with Crippen LogP contribution in [0.25, 0.3) is 0 Å². The summed E-state index contributed by atoms with van der Waals surface area (Å²) in [4.78, 5) is 7.99. The van der Waals surface area contributed by atoms with Crippen LogP contribution in [0.1, 0.15) is 25.7 Å². The van der Waals surface area contributed by atoms with Crippen LogP contribution in [0.15, 0.2) is 6.33 Å². The van der Waals surface area contributed by atoms with Crippen molar-refractivity contribution in [2.24, 2.45) is 0 Å². The smallest absolute Gasteiger partial charge is 0.242 e. The number of hydrogen-bond donors (Lipinski definition) is 2. The molecular weight excluding hydrogens is 232 g/mol. The molecule has 2 rings (SSSR count). The van der Waals surface area contributed by atoms with Gasteiger partial charge in [-0.25, -0.2) is 4.98 Å². The standard InChI is InChI=1S/C12H20N4O2/c1-17-12-10(13)11(15-8-16-12)14-6-7-18-9-4-2-3-5-9/h8-9H,2-7,13H2,1H3,(H,14,15,16). The number of aromatic nitrogens is 2. The van der Waals surface area contributed by atoms with E-state index in [1.165, 1.54) is 39.1 Å². The van der Waals surface area contributed by atoms with Gasteiger partial charge in [0.15, 0.2) is 5.82 Å². The number of methoxy groups -OCH3 is 1. The van der Waals surface area contributed by atoms with Gasteiger partial charge in [-0.2, -0.15) is 4.98 Å². The first-order chi connectivity index (χ1) is 8.81. The Bertz CT molecular complexity index is 380. The molecule has 0 aliphatic heterocycles. The van der Waals surface area contributed by atoms with Crippen molar-refractivity contribution in [3.63, 3.8) is 0 Å². The number of ether oxygens (including phenoxy) is 2. The Labute approximate surface area is 107 Å². The van der Waals surface area contributed by atoms with Crippen LogP contribution < -0.4 is 15.8 Å². The molecule has 1 aromatic rings. The molecular formula is C12H20N4O2. The number of nitrogens with one attached hydrogen (secondary N) is 1. The topological polar surface area (TPSA) is 82.3 Å². The summed E-state index contributed by atoms with van der Waals surface area (Å²) in [6.07, 6.45) is 6.80. The molecule has 0 aromatic carbocycles. The minimum atomic E-state index is 0.393. The molecule has 0 amide bonds. The highest BCUT2D eigenvalue weighted by Crippen LogP contribution is 2.24. The molecule has 1 aliphatic carbocycles. The van der Waals surface area contributed by atoms with Gasteiger partial charge in [-0.1, -0.05) is 12.8 Å². The van der Waals surface area contributed by atoms with Crippen LogP contribution in [0.4, 0.5) is 11.5 Å². The quantitative estimate of drug-likeness (QED) is 0.745. The van der Waals surface area contributed by atoms with Crippen LogP contribution in [0.5, 0.6) is 5.88 Å². The van der Waals surface area contributed by atoms with E-state index in [0.29, 0.717) is 36.6 Å². The van der Waals surface area contributed by atoms with Crippen molar-refractivity contribution in [3.8, 4) is 5.88 Å². The van der Waals surface area contributed by atoms with E-state index in [9.17, 15) is 0 Å². The average Bonchev–Trinajstić information content (AvgIpc) is 2.89. The van der Waals surface area contributed by atoms with Gasteiger partial charge in [0.05, 0.1) is 19.8 Å². The number of nitrogens with two attached hydrogens (primary N) is 1. The van der Waals surface area contributed by atoms with Crippen molar-refractivity contribution in [1.82, 2.24) is 9.97 Å². The van der Waals surface area contributed by atoms with Crippen molar-refractivity contribution in [2.75, 3.05) is 31.3 Å². The van der Waals surface area contributed by atoms with Crippen LogP contribution in [-0.4, -0.2) is 36.3 Å². The third-order valence-corrected chi connectivity index (χ3v) is 3.09. The van der Waals surface area contributed by atoms with Crippen LogP contribution >= 0.6 is 0 Å². The first-order valence-corrected chi connectivity index (χ1v) is 6.31. The maximum Gasteiger partial charge on any atom is 0.242 e. The second-order valence-corrected chi connectivity index (χ2v) is 4.35. The molecule has 1 aliphatic rings. The molecule has 6 nitrogen and oxygen atoms in total. The maximum atomic E-state index is 5.84. The molecule has 0 spiro atoms. The molecule has 1 fully saturated rings. The van der Waals surface area contributed by atoms with Gasteiger partial charge < -0.3 is 20.5 Å². The van der Waals surface area contributed by atoms with E-state index in [4.69, 9.17) is 15.2 Å². The molecule has 0 saturated heterocycles. The summed E-state index contributed by atoms with van der Waals surface area (Å²) >= 11 is 0. The Morgan fingerprint density at radius 2 is 2.17 bits per heavy atom. The van der Waals surface area contributed by atoms with Gasteiger partial charge in [0.1, 0.15) is 12.0 Å². The predicted octanol–water partition coefficient (Wildman–Crippen LogP) is 1.44. The van der Waals surface area contributed by atoms with Crippen LogP contribution in [-0.2, 0) is 4.74 Å². The zero-order chi connectivity index (χ0) is 12.8. The number of anilines is 2. The van der Waals surface area contributed by atoms with Gasteiger partial charge in [-0.05, 0) is 12.8 Å². The Morgan fingerprint density at radius 3 is 2.89 bits per heavy atom. The molecule has 3 N–H and O–H groups in total. The molecule has 1 aromatic heterocycles. The Balaban J connectivity index is 1.75. The van der Waals surface area contributed by atoms with Gasteiger partial charge >= 0.3 is 0 Å². The Kier molecular flexibility index (Phi) is 4.58. The first kappa shape index (κ1) is 12.9. The summed E-state index contributed by atoms with van der Waals surface area (Å²) < 4.78 is 10.8. The highest BCUT2D eigenvalue weighted by molar-refractivity contribution is 5.66. The van der Waals surface area contributed by atoms with E-state index in [-0.39, 0.29) is 0 Å². The lowest BCUT2D eigenvalue weighted by Gasteiger charge is -2.13.